The number of aryl methyl sites for hydroxylation is 1. The number of rotatable bonds is 6. The first kappa shape index (κ1) is 22.0. The number of hydrogen-bond donors (Lipinski definition) is 2. The Morgan fingerprint density at radius 3 is 2.21 bits per heavy atom. The normalized spacial score (nSPS) is 12.6. The summed E-state index contributed by atoms with van der Waals surface area (Å²) >= 11 is 1.30. The van der Waals surface area contributed by atoms with E-state index < -0.39 is 5.41 Å². The van der Waals surface area contributed by atoms with E-state index in [1.165, 1.54) is 11.3 Å². The van der Waals surface area contributed by atoms with Gasteiger partial charge in [-0.25, -0.2) is 0 Å². The Balaban J connectivity index is 2.18. The first-order valence-electron chi connectivity index (χ1n) is 9.39. The summed E-state index contributed by atoms with van der Waals surface area (Å²) in [5.41, 5.74) is 1.39. The minimum atomic E-state index is -0.489. The largest absolute Gasteiger partial charge is 0.497 e. The summed E-state index contributed by atoms with van der Waals surface area (Å²) in [6, 6.07) is 9.47. The molecule has 0 radical (unpaired) electrons. The minimum Gasteiger partial charge on any atom is -0.497 e. The van der Waals surface area contributed by atoms with Crippen LogP contribution < -0.4 is 15.4 Å². The molecule has 2 amide bonds. The van der Waals surface area contributed by atoms with Crippen LogP contribution in [0.15, 0.2) is 30.3 Å². The lowest BCUT2D eigenvalue weighted by atomic mass is 9.95. The van der Waals surface area contributed by atoms with Gasteiger partial charge in [0, 0.05) is 5.41 Å². The van der Waals surface area contributed by atoms with E-state index in [4.69, 9.17) is 4.74 Å². The molecule has 5 nitrogen and oxygen atoms in total. The zero-order valence-electron chi connectivity index (χ0n) is 17.7. The number of thiophene rings is 1. The van der Waals surface area contributed by atoms with Crippen molar-refractivity contribution in [2.45, 2.75) is 47.6 Å². The fourth-order valence-electron chi connectivity index (χ4n) is 2.72. The summed E-state index contributed by atoms with van der Waals surface area (Å²) in [4.78, 5) is 25.8. The lowest BCUT2D eigenvalue weighted by molar-refractivity contribution is -0.123. The third kappa shape index (κ3) is 5.35. The quantitative estimate of drug-likeness (QED) is 0.700. The standard InChI is InChI=1S/C22H30N2O3S/c1-13(2)18(15-8-10-16(27-7)11-9-15)24-20(25)19-14(3)12-17(28-19)23-21(26)22(4,5)6/h8-13,18H,1-7H3,(H,23,26)(H,24,25). The maximum Gasteiger partial charge on any atom is 0.262 e. The maximum atomic E-state index is 12.9. The smallest absolute Gasteiger partial charge is 0.262 e. The van der Waals surface area contributed by atoms with E-state index in [-0.39, 0.29) is 23.8 Å². The summed E-state index contributed by atoms with van der Waals surface area (Å²) in [5, 5.41) is 6.73. The van der Waals surface area contributed by atoms with Crippen molar-refractivity contribution in [2.24, 2.45) is 11.3 Å². The van der Waals surface area contributed by atoms with E-state index in [1.54, 1.807) is 7.11 Å². The molecule has 0 spiro atoms. The molecule has 2 aromatic rings. The Morgan fingerprint density at radius 2 is 1.71 bits per heavy atom. The van der Waals surface area contributed by atoms with Gasteiger partial charge in [-0.05, 0) is 42.2 Å². The monoisotopic (exact) mass is 402 g/mol. The molecule has 2 rings (SSSR count). The molecule has 0 saturated heterocycles. The molecule has 0 bridgehead atoms. The van der Waals surface area contributed by atoms with Crippen LogP contribution >= 0.6 is 11.3 Å². The van der Waals surface area contributed by atoms with E-state index in [2.05, 4.69) is 24.5 Å². The van der Waals surface area contributed by atoms with Crippen LogP contribution in [0.4, 0.5) is 5.00 Å². The predicted molar refractivity (Wildman–Crippen MR) is 115 cm³/mol. The van der Waals surface area contributed by atoms with E-state index in [0.717, 1.165) is 16.9 Å². The Bertz CT molecular complexity index is 832. The van der Waals surface area contributed by atoms with Gasteiger partial charge in [0.25, 0.3) is 5.91 Å². The molecule has 1 unspecified atom stereocenters. The summed E-state index contributed by atoms with van der Waals surface area (Å²) in [6.45, 7) is 11.6. The van der Waals surface area contributed by atoms with Crippen molar-refractivity contribution >= 4 is 28.2 Å². The molecule has 1 aromatic carbocycles. The van der Waals surface area contributed by atoms with Gasteiger partial charge in [0.05, 0.1) is 23.0 Å². The van der Waals surface area contributed by atoms with Crippen molar-refractivity contribution < 1.29 is 14.3 Å². The van der Waals surface area contributed by atoms with Crippen molar-refractivity contribution in [2.75, 3.05) is 12.4 Å². The fourth-order valence-corrected chi connectivity index (χ4v) is 3.69. The highest BCUT2D eigenvalue weighted by Crippen LogP contribution is 2.30. The number of carbonyl (C=O) groups is 2. The Kier molecular flexibility index (Phi) is 6.88. The van der Waals surface area contributed by atoms with E-state index in [1.807, 2.05) is 58.0 Å². The van der Waals surface area contributed by atoms with Gasteiger partial charge >= 0.3 is 0 Å². The highest BCUT2D eigenvalue weighted by Gasteiger charge is 2.24. The van der Waals surface area contributed by atoms with Crippen LogP contribution in [0.1, 0.15) is 61.5 Å². The van der Waals surface area contributed by atoms with Crippen LogP contribution in [0, 0.1) is 18.3 Å². The summed E-state index contributed by atoms with van der Waals surface area (Å²) in [7, 11) is 1.63. The highest BCUT2D eigenvalue weighted by molar-refractivity contribution is 7.18. The van der Waals surface area contributed by atoms with Crippen molar-refractivity contribution in [3.05, 3.63) is 46.3 Å². The topological polar surface area (TPSA) is 67.4 Å². The average Bonchev–Trinajstić information content (AvgIpc) is 2.99. The number of methoxy groups -OCH3 is 1. The maximum absolute atomic E-state index is 12.9. The number of ether oxygens (including phenoxy) is 1. The van der Waals surface area contributed by atoms with Gasteiger partial charge in [-0.2, -0.15) is 0 Å². The van der Waals surface area contributed by atoms with Gasteiger partial charge in [0.2, 0.25) is 5.91 Å². The van der Waals surface area contributed by atoms with Gasteiger partial charge in [-0.3, -0.25) is 9.59 Å². The molecule has 28 heavy (non-hydrogen) atoms. The Hall–Kier alpha value is -2.34. The third-order valence-corrected chi connectivity index (χ3v) is 5.62. The molecule has 0 saturated carbocycles. The van der Waals surface area contributed by atoms with E-state index >= 15 is 0 Å². The first-order valence-corrected chi connectivity index (χ1v) is 10.2. The highest BCUT2D eigenvalue weighted by atomic mass is 32.1. The molecule has 0 aliphatic rings. The number of amides is 2. The van der Waals surface area contributed by atoms with E-state index in [9.17, 15) is 9.59 Å². The van der Waals surface area contributed by atoms with Crippen molar-refractivity contribution in [3.63, 3.8) is 0 Å². The van der Waals surface area contributed by atoms with Gasteiger partial charge < -0.3 is 15.4 Å². The molecule has 152 valence electrons. The van der Waals surface area contributed by atoms with Gasteiger partial charge in [0.1, 0.15) is 5.75 Å². The molecular formula is C22H30N2O3S. The number of benzene rings is 1. The van der Waals surface area contributed by atoms with Crippen LogP contribution in [0.3, 0.4) is 0 Å². The van der Waals surface area contributed by atoms with Crippen molar-refractivity contribution in [1.82, 2.24) is 5.32 Å². The second-order valence-corrected chi connectivity index (χ2v) is 9.35. The van der Waals surface area contributed by atoms with Crippen molar-refractivity contribution in [3.8, 4) is 5.75 Å². The molecule has 0 fully saturated rings. The Morgan fingerprint density at radius 1 is 1.11 bits per heavy atom. The minimum absolute atomic E-state index is 0.0704. The fraction of sp³-hybridized carbons (Fsp3) is 0.455. The predicted octanol–water partition coefficient (Wildman–Crippen LogP) is 5.18. The molecule has 1 atom stereocenters. The molecule has 1 aromatic heterocycles. The Labute approximate surface area is 171 Å². The third-order valence-electron chi connectivity index (χ3n) is 4.47. The molecule has 0 aliphatic carbocycles. The summed E-state index contributed by atoms with van der Waals surface area (Å²) in [6.07, 6.45) is 0. The molecule has 2 N–H and O–H groups in total. The number of anilines is 1. The van der Waals surface area contributed by atoms with Crippen LogP contribution in [-0.2, 0) is 4.79 Å². The summed E-state index contributed by atoms with van der Waals surface area (Å²) < 4.78 is 5.21. The van der Waals surface area contributed by atoms with Crippen LogP contribution in [0.25, 0.3) is 0 Å². The second-order valence-electron chi connectivity index (χ2n) is 8.30. The lowest BCUT2D eigenvalue weighted by Gasteiger charge is -2.23. The van der Waals surface area contributed by atoms with Crippen molar-refractivity contribution in [1.29, 1.82) is 0 Å². The molecular weight excluding hydrogens is 372 g/mol. The molecule has 1 heterocycles. The number of nitrogens with one attached hydrogen (secondary N) is 2. The average molecular weight is 403 g/mol. The number of hydrogen-bond acceptors (Lipinski definition) is 4. The van der Waals surface area contributed by atoms with Gasteiger partial charge in [-0.1, -0.05) is 46.8 Å². The molecule has 0 aliphatic heterocycles. The first-order chi connectivity index (χ1) is 13.0. The zero-order valence-corrected chi connectivity index (χ0v) is 18.5. The number of carbonyl (C=O) groups excluding carboxylic acids is 2. The van der Waals surface area contributed by atoms with Crippen LogP contribution in [0.2, 0.25) is 0 Å². The van der Waals surface area contributed by atoms with Gasteiger partial charge in [0.15, 0.2) is 0 Å². The van der Waals surface area contributed by atoms with Crippen LogP contribution in [0.5, 0.6) is 5.75 Å². The SMILES string of the molecule is COc1ccc(C(NC(=O)c2sc(NC(=O)C(C)(C)C)cc2C)C(C)C)cc1. The lowest BCUT2D eigenvalue weighted by Crippen LogP contribution is -2.31. The molecule has 6 heteroatoms. The zero-order chi connectivity index (χ0) is 21.1. The van der Waals surface area contributed by atoms with E-state index in [0.29, 0.717) is 9.88 Å². The second kappa shape index (κ2) is 8.78. The summed E-state index contributed by atoms with van der Waals surface area (Å²) in [5.74, 6) is 0.802. The van der Waals surface area contributed by atoms with Crippen LogP contribution in [-0.4, -0.2) is 18.9 Å². The van der Waals surface area contributed by atoms with Gasteiger partial charge in [-0.15, -0.1) is 11.3 Å².